The molecule has 0 aromatic heterocycles. The SMILES string of the molecule is CCOc1cc(COc2c(Cl)cc(/C=N/NC(=O)c3cccc(C(F)(F)F)c3)cc2OC)ccc1OCc1ccccc1. The Hall–Kier alpha value is -4.70. The van der Waals surface area contributed by atoms with E-state index in [1.165, 1.54) is 19.4 Å². The van der Waals surface area contributed by atoms with Gasteiger partial charge in [0.2, 0.25) is 0 Å². The van der Waals surface area contributed by atoms with Crippen molar-refractivity contribution < 1.29 is 36.9 Å². The Kier molecular flexibility index (Phi) is 10.5. The van der Waals surface area contributed by atoms with Gasteiger partial charge in [0.1, 0.15) is 13.2 Å². The van der Waals surface area contributed by atoms with E-state index in [1.54, 1.807) is 12.1 Å². The molecule has 7 nitrogen and oxygen atoms in total. The van der Waals surface area contributed by atoms with E-state index in [-0.39, 0.29) is 22.9 Å². The average molecular weight is 613 g/mol. The number of alkyl halides is 3. The van der Waals surface area contributed by atoms with Crippen LogP contribution >= 0.6 is 11.6 Å². The van der Waals surface area contributed by atoms with Gasteiger partial charge in [-0.3, -0.25) is 4.79 Å². The van der Waals surface area contributed by atoms with E-state index in [1.807, 2.05) is 55.5 Å². The number of rotatable bonds is 12. The fourth-order valence-corrected chi connectivity index (χ4v) is 4.22. The lowest BCUT2D eigenvalue weighted by Crippen LogP contribution is -2.18. The summed E-state index contributed by atoms with van der Waals surface area (Å²) in [5.74, 6) is 0.983. The number of nitrogens with one attached hydrogen (secondary N) is 1. The standard InChI is InChI=1S/C32H28ClF3N2O5/c1-3-41-28-15-22(12-13-27(28)42-19-21-8-5-4-6-9-21)20-43-30-26(33)14-23(16-29(30)40-2)18-37-38-31(39)24-10-7-11-25(17-24)32(34,35)36/h4-18H,3,19-20H2,1-2H3,(H,38,39)/b37-18+. The third kappa shape index (κ3) is 8.65. The monoisotopic (exact) mass is 612 g/mol. The number of methoxy groups -OCH3 is 1. The molecule has 0 fully saturated rings. The highest BCUT2D eigenvalue weighted by molar-refractivity contribution is 6.32. The molecule has 0 saturated carbocycles. The van der Waals surface area contributed by atoms with Gasteiger partial charge in [-0.15, -0.1) is 0 Å². The minimum atomic E-state index is -4.57. The quantitative estimate of drug-likeness (QED) is 0.131. The largest absolute Gasteiger partial charge is 0.493 e. The van der Waals surface area contributed by atoms with Crippen molar-refractivity contribution in [2.45, 2.75) is 26.3 Å². The number of ether oxygens (including phenoxy) is 4. The Balaban J connectivity index is 1.41. The van der Waals surface area contributed by atoms with Crippen molar-refractivity contribution in [2.75, 3.05) is 13.7 Å². The molecule has 0 spiro atoms. The highest BCUT2D eigenvalue weighted by Gasteiger charge is 2.30. The molecule has 0 aliphatic rings. The van der Waals surface area contributed by atoms with Gasteiger partial charge in [0.05, 0.1) is 30.5 Å². The van der Waals surface area contributed by atoms with Crippen molar-refractivity contribution in [2.24, 2.45) is 5.10 Å². The number of hydrazone groups is 1. The Bertz CT molecular complexity index is 1580. The number of benzene rings is 4. The van der Waals surface area contributed by atoms with Crippen LogP contribution in [0.4, 0.5) is 13.2 Å². The molecule has 0 saturated heterocycles. The molecule has 0 bridgehead atoms. The Labute approximate surface area is 251 Å². The van der Waals surface area contributed by atoms with Crippen molar-refractivity contribution in [1.29, 1.82) is 0 Å². The summed E-state index contributed by atoms with van der Waals surface area (Å²) in [6.07, 6.45) is -3.28. The lowest BCUT2D eigenvalue weighted by Gasteiger charge is -2.16. The highest BCUT2D eigenvalue weighted by Crippen LogP contribution is 2.37. The van der Waals surface area contributed by atoms with E-state index in [9.17, 15) is 18.0 Å². The van der Waals surface area contributed by atoms with Gasteiger partial charge in [0.25, 0.3) is 5.91 Å². The van der Waals surface area contributed by atoms with Crippen LogP contribution in [0.3, 0.4) is 0 Å². The van der Waals surface area contributed by atoms with Gasteiger partial charge in [0, 0.05) is 5.56 Å². The maximum atomic E-state index is 12.9. The number of nitrogens with zero attached hydrogens (tertiary/aromatic N) is 1. The average Bonchev–Trinajstić information content (AvgIpc) is 3.00. The van der Waals surface area contributed by atoms with Crippen LogP contribution < -0.4 is 24.4 Å². The van der Waals surface area contributed by atoms with E-state index >= 15 is 0 Å². The van der Waals surface area contributed by atoms with Gasteiger partial charge in [-0.25, -0.2) is 5.43 Å². The molecule has 4 rings (SSSR count). The lowest BCUT2D eigenvalue weighted by molar-refractivity contribution is -0.137. The summed E-state index contributed by atoms with van der Waals surface area (Å²) >= 11 is 6.48. The number of carbonyl (C=O) groups is 1. The zero-order valence-corrected chi connectivity index (χ0v) is 24.0. The summed E-state index contributed by atoms with van der Waals surface area (Å²) in [5.41, 5.74) is 3.38. The molecule has 1 amide bonds. The predicted molar refractivity (Wildman–Crippen MR) is 157 cm³/mol. The maximum absolute atomic E-state index is 12.9. The molecule has 0 atom stereocenters. The van der Waals surface area contributed by atoms with Crippen LogP contribution in [0.5, 0.6) is 23.0 Å². The van der Waals surface area contributed by atoms with Crippen LogP contribution in [0.25, 0.3) is 0 Å². The molecule has 0 aliphatic heterocycles. The molecule has 224 valence electrons. The molecule has 1 N–H and O–H groups in total. The molecule has 0 aliphatic carbocycles. The molecular formula is C32H28ClF3N2O5. The fourth-order valence-electron chi connectivity index (χ4n) is 3.94. The number of amides is 1. The van der Waals surface area contributed by atoms with Gasteiger partial charge in [-0.05, 0) is 66.1 Å². The summed E-state index contributed by atoms with van der Waals surface area (Å²) in [5, 5.41) is 4.05. The summed E-state index contributed by atoms with van der Waals surface area (Å²) in [4.78, 5) is 12.3. The number of halogens is 4. The molecule has 4 aromatic carbocycles. The summed E-state index contributed by atoms with van der Waals surface area (Å²) in [6.45, 7) is 2.88. The minimum absolute atomic E-state index is 0.148. The van der Waals surface area contributed by atoms with Crippen LogP contribution in [-0.4, -0.2) is 25.8 Å². The molecule has 4 aromatic rings. The van der Waals surface area contributed by atoms with Crippen LogP contribution in [-0.2, 0) is 19.4 Å². The molecule has 0 radical (unpaired) electrons. The second kappa shape index (κ2) is 14.5. The van der Waals surface area contributed by atoms with Gasteiger partial charge in [0.15, 0.2) is 23.0 Å². The zero-order valence-electron chi connectivity index (χ0n) is 23.3. The van der Waals surface area contributed by atoms with E-state index in [4.69, 9.17) is 30.5 Å². The van der Waals surface area contributed by atoms with Crippen LogP contribution in [0.1, 0.15) is 39.5 Å². The van der Waals surface area contributed by atoms with Crippen LogP contribution in [0.2, 0.25) is 5.02 Å². The number of hydrogen-bond donors (Lipinski definition) is 1. The predicted octanol–water partition coefficient (Wildman–Crippen LogP) is 7.69. The Morgan fingerprint density at radius 1 is 0.860 bits per heavy atom. The number of hydrogen-bond acceptors (Lipinski definition) is 6. The zero-order chi connectivity index (χ0) is 30.8. The van der Waals surface area contributed by atoms with E-state index in [2.05, 4.69) is 10.5 Å². The second-order valence-electron chi connectivity index (χ2n) is 9.09. The molecule has 0 heterocycles. The van der Waals surface area contributed by atoms with Crippen molar-refractivity contribution in [3.05, 3.63) is 118 Å². The third-order valence-electron chi connectivity index (χ3n) is 6.01. The second-order valence-corrected chi connectivity index (χ2v) is 9.50. The first-order valence-electron chi connectivity index (χ1n) is 13.1. The van der Waals surface area contributed by atoms with Crippen LogP contribution in [0.15, 0.2) is 90.0 Å². The van der Waals surface area contributed by atoms with E-state index in [0.717, 1.165) is 29.3 Å². The van der Waals surface area contributed by atoms with E-state index in [0.29, 0.717) is 36.0 Å². The lowest BCUT2D eigenvalue weighted by atomic mass is 10.1. The normalized spacial score (nSPS) is 11.3. The summed E-state index contributed by atoms with van der Waals surface area (Å²) < 4.78 is 62.0. The Morgan fingerprint density at radius 3 is 2.35 bits per heavy atom. The van der Waals surface area contributed by atoms with Gasteiger partial charge in [-0.1, -0.05) is 54.1 Å². The van der Waals surface area contributed by atoms with Crippen molar-refractivity contribution in [3.63, 3.8) is 0 Å². The first kappa shape index (κ1) is 31.2. The van der Waals surface area contributed by atoms with Crippen molar-refractivity contribution in [1.82, 2.24) is 5.43 Å². The van der Waals surface area contributed by atoms with Gasteiger partial charge in [-0.2, -0.15) is 18.3 Å². The smallest absolute Gasteiger partial charge is 0.416 e. The van der Waals surface area contributed by atoms with E-state index < -0.39 is 17.6 Å². The van der Waals surface area contributed by atoms with Crippen molar-refractivity contribution in [3.8, 4) is 23.0 Å². The van der Waals surface area contributed by atoms with Gasteiger partial charge >= 0.3 is 6.18 Å². The summed E-state index contributed by atoms with van der Waals surface area (Å²) in [6, 6.07) is 22.5. The topological polar surface area (TPSA) is 78.4 Å². The number of carbonyl (C=O) groups excluding carboxylic acids is 1. The molecule has 0 unspecified atom stereocenters. The Morgan fingerprint density at radius 2 is 1.63 bits per heavy atom. The fraction of sp³-hybridized carbons (Fsp3) is 0.188. The third-order valence-corrected chi connectivity index (χ3v) is 6.29. The molecule has 11 heteroatoms. The van der Waals surface area contributed by atoms with Crippen LogP contribution in [0, 0.1) is 0 Å². The first-order chi connectivity index (χ1) is 20.7. The highest BCUT2D eigenvalue weighted by atomic mass is 35.5. The summed E-state index contributed by atoms with van der Waals surface area (Å²) in [7, 11) is 1.45. The maximum Gasteiger partial charge on any atom is 0.416 e. The molecular weight excluding hydrogens is 585 g/mol. The van der Waals surface area contributed by atoms with Crippen molar-refractivity contribution >= 4 is 23.7 Å². The minimum Gasteiger partial charge on any atom is -0.493 e. The molecule has 43 heavy (non-hydrogen) atoms. The van der Waals surface area contributed by atoms with Gasteiger partial charge < -0.3 is 18.9 Å². The first-order valence-corrected chi connectivity index (χ1v) is 13.5.